The van der Waals surface area contributed by atoms with E-state index >= 15 is 0 Å². The molecule has 0 radical (unpaired) electrons. The molecular weight excluding hydrogens is 266 g/mol. The lowest BCUT2D eigenvalue weighted by molar-refractivity contribution is 0.0905. The molecule has 0 spiro atoms. The quantitative estimate of drug-likeness (QED) is 0.770. The van der Waals surface area contributed by atoms with E-state index in [0.29, 0.717) is 21.8 Å². The summed E-state index contributed by atoms with van der Waals surface area (Å²) in [4.78, 5) is 12.9. The summed E-state index contributed by atoms with van der Waals surface area (Å²) in [6, 6.07) is 5.84. The largest absolute Gasteiger partial charge is 0.294 e. The van der Waals surface area contributed by atoms with Crippen LogP contribution in [0.25, 0.3) is 0 Å². The van der Waals surface area contributed by atoms with Gasteiger partial charge in [0.15, 0.2) is 5.78 Å². The van der Waals surface area contributed by atoms with Crippen molar-refractivity contribution in [1.29, 1.82) is 5.26 Å². The molecular formula is C17H19NOS. The number of benzene rings is 1. The minimum absolute atomic E-state index is 0.194. The fourth-order valence-corrected chi connectivity index (χ4v) is 5.47. The van der Waals surface area contributed by atoms with Gasteiger partial charge in [-0.15, -0.1) is 0 Å². The molecule has 2 aliphatic rings. The zero-order chi connectivity index (χ0) is 14.3. The summed E-state index contributed by atoms with van der Waals surface area (Å²) < 4.78 is 0. The van der Waals surface area contributed by atoms with Gasteiger partial charge in [0.05, 0.1) is 11.6 Å². The Morgan fingerprint density at radius 2 is 1.75 bits per heavy atom. The number of rotatable bonds is 2. The van der Waals surface area contributed by atoms with E-state index in [4.69, 9.17) is 5.26 Å². The number of hydrogen-bond donors (Lipinski definition) is 0. The van der Waals surface area contributed by atoms with Crippen LogP contribution >= 0.6 is 11.8 Å². The summed E-state index contributed by atoms with van der Waals surface area (Å²) in [5.74, 6) is 0.501. The first-order chi connectivity index (χ1) is 9.58. The molecule has 0 aliphatic carbocycles. The monoisotopic (exact) mass is 285 g/mol. The number of nitriles is 1. The van der Waals surface area contributed by atoms with Crippen LogP contribution in [0, 0.1) is 31.1 Å². The second-order valence-corrected chi connectivity index (χ2v) is 7.69. The number of ketones is 1. The zero-order valence-electron chi connectivity index (χ0n) is 12.0. The molecule has 1 aromatic carbocycles. The van der Waals surface area contributed by atoms with Crippen LogP contribution in [0.15, 0.2) is 12.1 Å². The first-order valence-corrected chi connectivity index (χ1v) is 8.23. The van der Waals surface area contributed by atoms with Gasteiger partial charge < -0.3 is 0 Å². The van der Waals surface area contributed by atoms with E-state index in [1.165, 1.54) is 12.8 Å². The number of Topliss-reactive ketones (excluding diaryl/α,β-unsaturated/α-hetero) is 1. The fourth-order valence-electron chi connectivity index (χ4n) is 3.69. The molecule has 2 heterocycles. The van der Waals surface area contributed by atoms with E-state index in [1.54, 1.807) is 0 Å². The summed E-state index contributed by atoms with van der Waals surface area (Å²) in [7, 11) is 0. The Hall–Kier alpha value is -1.27. The van der Waals surface area contributed by atoms with Crippen LogP contribution < -0.4 is 0 Å². The Labute approximate surface area is 124 Å². The van der Waals surface area contributed by atoms with Crippen molar-refractivity contribution in [3.8, 4) is 6.07 Å². The number of fused-ring (bicyclic) bond motifs is 2. The van der Waals surface area contributed by atoms with Gasteiger partial charge in [0, 0.05) is 22.0 Å². The second kappa shape index (κ2) is 5.26. The average molecular weight is 285 g/mol. The van der Waals surface area contributed by atoms with Crippen molar-refractivity contribution in [3.63, 3.8) is 0 Å². The third-order valence-corrected chi connectivity index (χ3v) is 6.20. The maximum atomic E-state index is 12.9. The van der Waals surface area contributed by atoms with E-state index in [0.717, 1.165) is 29.5 Å². The summed E-state index contributed by atoms with van der Waals surface area (Å²) >= 11 is 2.09. The standard InChI is InChI=1S/C17H19NOS/c1-10-5-12(9-18)6-11(2)16(10)17(19)13-7-14-3-4-15(8-13)20-14/h5-6,13-15H,3-4,7-8H2,1-2H3. The number of carbonyl (C=O) groups is 1. The first-order valence-electron chi connectivity index (χ1n) is 7.29. The Kier molecular flexibility index (Phi) is 3.60. The molecule has 2 atom stereocenters. The highest BCUT2D eigenvalue weighted by molar-refractivity contribution is 8.00. The minimum Gasteiger partial charge on any atom is -0.294 e. The van der Waals surface area contributed by atoms with Crippen LogP contribution in [0.5, 0.6) is 0 Å². The summed E-state index contributed by atoms with van der Waals surface area (Å²) in [5, 5.41) is 10.4. The Morgan fingerprint density at radius 1 is 1.20 bits per heavy atom. The molecule has 2 saturated heterocycles. The third kappa shape index (κ3) is 2.38. The molecule has 0 aromatic heterocycles. The van der Waals surface area contributed by atoms with Gasteiger partial charge in [0.25, 0.3) is 0 Å². The van der Waals surface area contributed by atoms with Gasteiger partial charge in [0.2, 0.25) is 0 Å². The van der Waals surface area contributed by atoms with Crippen molar-refractivity contribution in [1.82, 2.24) is 0 Å². The first kappa shape index (κ1) is 13.7. The van der Waals surface area contributed by atoms with E-state index in [-0.39, 0.29) is 5.92 Å². The number of hydrogen-bond acceptors (Lipinski definition) is 3. The van der Waals surface area contributed by atoms with E-state index < -0.39 is 0 Å². The van der Waals surface area contributed by atoms with Gasteiger partial charge in [-0.05, 0) is 62.8 Å². The van der Waals surface area contributed by atoms with Crippen LogP contribution in [0.1, 0.15) is 52.7 Å². The van der Waals surface area contributed by atoms with Crippen molar-refractivity contribution in [2.75, 3.05) is 0 Å². The lowest BCUT2D eigenvalue weighted by Crippen LogP contribution is -2.26. The van der Waals surface area contributed by atoms with E-state index in [1.807, 2.05) is 26.0 Å². The maximum absolute atomic E-state index is 12.9. The topological polar surface area (TPSA) is 40.9 Å². The Bertz CT molecular complexity index is 566. The van der Waals surface area contributed by atoms with Crippen LogP contribution in [-0.4, -0.2) is 16.3 Å². The van der Waals surface area contributed by atoms with Crippen molar-refractivity contribution >= 4 is 17.5 Å². The van der Waals surface area contributed by atoms with Crippen molar-refractivity contribution in [2.24, 2.45) is 5.92 Å². The van der Waals surface area contributed by atoms with Gasteiger partial charge in [-0.2, -0.15) is 17.0 Å². The summed E-state index contributed by atoms with van der Waals surface area (Å²) in [5.41, 5.74) is 3.42. The molecule has 3 rings (SSSR count). The highest BCUT2D eigenvalue weighted by Crippen LogP contribution is 2.46. The SMILES string of the molecule is Cc1cc(C#N)cc(C)c1C(=O)C1CC2CCC(C1)S2. The molecule has 2 nitrogen and oxygen atoms in total. The van der Waals surface area contributed by atoms with Crippen molar-refractivity contribution in [3.05, 3.63) is 34.4 Å². The molecule has 0 N–H and O–H groups in total. The molecule has 2 bridgehead atoms. The van der Waals surface area contributed by atoms with E-state index in [2.05, 4.69) is 17.8 Å². The summed E-state index contributed by atoms with van der Waals surface area (Å²) in [6.45, 7) is 3.90. The lowest BCUT2D eigenvalue weighted by atomic mass is 9.86. The zero-order valence-corrected chi connectivity index (χ0v) is 12.8. The average Bonchev–Trinajstić information content (AvgIpc) is 2.76. The molecule has 2 unspecified atom stereocenters. The molecule has 1 aromatic rings. The normalized spacial score (nSPS) is 28.1. The van der Waals surface area contributed by atoms with Crippen molar-refractivity contribution < 1.29 is 4.79 Å². The molecule has 0 amide bonds. The second-order valence-electron chi connectivity index (χ2n) is 6.09. The number of carbonyl (C=O) groups excluding carboxylic acids is 1. The van der Waals surface area contributed by atoms with Gasteiger partial charge in [-0.1, -0.05) is 0 Å². The van der Waals surface area contributed by atoms with Gasteiger partial charge in [-0.25, -0.2) is 0 Å². The Morgan fingerprint density at radius 3 is 2.25 bits per heavy atom. The molecule has 0 saturated carbocycles. The van der Waals surface area contributed by atoms with Crippen LogP contribution in [0.2, 0.25) is 0 Å². The van der Waals surface area contributed by atoms with Gasteiger partial charge in [0.1, 0.15) is 0 Å². The number of thioether (sulfide) groups is 1. The predicted molar refractivity (Wildman–Crippen MR) is 82.1 cm³/mol. The summed E-state index contributed by atoms with van der Waals surface area (Å²) in [6.07, 6.45) is 4.65. The molecule has 104 valence electrons. The maximum Gasteiger partial charge on any atom is 0.166 e. The fraction of sp³-hybridized carbons (Fsp3) is 0.529. The van der Waals surface area contributed by atoms with Gasteiger partial charge >= 0.3 is 0 Å². The van der Waals surface area contributed by atoms with Crippen LogP contribution in [-0.2, 0) is 0 Å². The third-order valence-electron chi connectivity index (χ3n) is 4.57. The van der Waals surface area contributed by atoms with E-state index in [9.17, 15) is 4.79 Å². The lowest BCUT2D eigenvalue weighted by Gasteiger charge is -2.27. The van der Waals surface area contributed by atoms with Crippen LogP contribution in [0.3, 0.4) is 0 Å². The minimum atomic E-state index is 0.194. The smallest absolute Gasteiger partial charge is 0.166 e. The highest BCUT2D eigenvalue weighted by Gasteiger charge is 2.38. The van der Waals surface area contributed by atoms with Crippen LogP contribution in [0.4, 0.5) is 0 Å². The Balaban J connectivity index is 1.89. The molecule has 20 heavy (non-hydrogen) atoms. The number of aryl methyl sites for hydroxylation is 2. The predicted octanol–water partition coefficient (Wildman–Crippen LogP) is 4.03. The highest BCUT2D eigenvalue weighted by atomic mass is 32.2. The number of nitrogens with zero attached hydrogens (tertiary/aromatic N) is 1. The van der Waals surface area contributed by atoms with Crippen molar-refractivity contribution in [2.45, 2.75) is 50.0 Å². The molecule has 2 fully saturated rings. The molecule has 2 aliphatic heterocycles. The van der Waals surface area contributed by atoms with Gasteiger partial charge in [-0.3, -0.25) is 4.79 Å². The molecule has 3 heteroatoms.